The van der Waals surface area contributed by atoms with E-state index in [0.29, 0.717) is 10.0 Å². The van der Waals surface area contributed by atoms with E-state index in [-0.39, 0.29) is 0 Å². The molecule has 2 aromatic rings. The van der Waals surface area contributed by atoms with E-state index >= 15 is 0 Å². The molecule has 1 saturated heterocycles. The molecule has 1 aliphatic heterocycles. The fraction of sp³-hybridized carbons (Fsp3) is 0.400. The Hall–Kier alpha value is -0.610. The lowest BCUT2D eigenvalue weighted by atomic mass is 10.1. The first-order chi connectivity index (χ1) is 9.72. The van der Waals surface area contributed by atoms with Crippen LogP contribution in [0.4, 0.5) is 0 Å². The predicted octanol–water partition coefficient (Wildman–Crippen LogP) is 5.10. The molecule has 0 spiro atoms. The van der Waals surface area contributed by atoms with Gasteiger partial charge in [-0.1, -0.05) is 35.7 Å². The maximum Gasteiger partial charge on any atom is 0.107 e. The first kappa shape index (κ1) is 14.3. The first-order valence-corrected chi connectivity index (χ1v) is 8.48. The van der Waals surface area contributed by atoms with Gasteiger partial charge >= 0.3 is 0 Å². The molecule has 0 bridgehead atoms. The molecule has 0 atom stereocenters. The summed E-state index contributed by atoms with van der Waals surface area (Å²) in [5.74, 6) is 0. The number of piperidine rings is 1. The molecule has 5 heteroatoms. The van der Waals surface area contributed by atoms with Crippen LogP contribution in [0.15, 0.2) is 23.6 Å². The van der Waals surface area contributed by atoms with Crippen LogP contribution < -0.4 is 0 Å². The molecule has 1 aromatic carbocycles. The van der Waals surface area contributed by atoms with Crippen molar-refractivity contribution in [3.05, 3.63) is 38.6 Å². The molecule has 0 amide bonds. The summed E-state index contributed by atoms with van der Waals surface area (Å²) in [4.78, 5) is 7.21. The van der Waals surface area contributed by atoms with Crippen molar-refractivity contribution in [1.29, 1.82) is 0 Å². The van der Waals surface area contributed by atoms with E-state index < -0.39 is 0 Å². The highest BCUT2D eigenvalue weighted by atomic mass is 35.5. The smallest absolute Gasteiger partial charge is 0.107 e. The zero-order valence-electron chi connectivity index (χ0n) is 11.1. The number of nitrogens with zero attached hydrogens (tertiary/aromatic N) is 2. The van der Waals surface area contributed by atoms with Crippen molar-refractivity contribution in [3.8, 4) is 11.3 Å². The Morgan fingerprint density at radius 1 is 1.10 bits per heavy atom. The molecule has 2 heterocycles. The fourth-order valence-corrected chi connectivity index (χ4v) is 3.62. The molecule has 1 aromatic heterocycles. The Morgan fingerprint density at radius 3 is 2.65 bits per heavy atom. The molecule has 3 rings (SSSR count). The average Bonchev–Trinajstić information content (AvgIpc) is 2.91. The lowest BCUT2D eigenvalue weighted by Crippen LogP contribution is -2.28. The quantitative estimate of drug-likeness (QED) is 0.779. The van der Waals surface area contributed by atoms with Gasteiger partial charge in [-0.3, -0.25) is 4.90 Å². The Bertz CT molecular complexity index is 591. The Morgan fingerprint density at radius 2 is 1.90 bits per heavy atom. The van der Waals surface area contributed by atoms with E-state index in [1.54, 1.807) is 11.3 Å². The number of hydrogen-bond donors (Lipinski definition) is 0. The second-order valence-corrected chi connectivity index (χ2v) is 6.85. The molecule has 1 aliphatic rings. The number of halogens is 2. The van der Waals surface area contributed by atoms with E-state index in [1.807, 2.05) is 18.2 Å². The lowest BCUT2D eigenvalue weighted by molar-refractivity contribution is 0.220. The van der Waals surface area contributed by atoms with Gasteiger partial charge in [0.1, 0.15) is 5.01 Å². The molecule has 1 fully saturated rings. The van der Waals surface area contributed by atoms with E-state index in [9.17, 15) is 0 Å². The lowest BCUT2D eigenvalue weighted by Gasteiger charge is -2.25. The number of thiazole rings is 1. The molecule has 20 heavy (non-hydrogen) atoms. The van der Waals surface area contributed by atoms with Crippen molar-refractivity contribution in [2.75, 3.05) is 13.1 Å². The monoisotopic (exact) mass is 326 g/mol. The summed E-state index contributed by atoms with van der Waals surface area (Å²) in [5, 5.41) is 4.43. The molecular weight excluding hydrogens is 311 g/mol. The Labute approximate surface area is 133 Å². The van der Waals surface area contributed by atoms with Gasteiger partial charge in [-0.05, 0) is 38.1 Å². The van der Waals surface area contributed by atoms with Crippen molar-refractivity contribution >= 4 is 34.5 Å². The van der Waals surface area contributed by atoms with E-state index in [2.05, 4.69) is 10.3 Å². The molecule has 0 radical (unpaired) electrons. The Kier molecular flexibility index (Phi) is 4.61. The van der Waals surface area contributed by atoms with Crippen molar-refractivity contribution in [2.45, 2.75) is 25.8 Å². The van der Waals surface area contributed by atoms with Gasteiger partial charge in [0.2, 0.25) is 0 Å². The van der Waals surface area contributed by atoms with Gasteiger partial charge in [0.25, 0.3) is 0 Å². The van der Waals surface area contributed by atoms with Crippen LogP contribution in [0.2, 0.25) is 10.0 Å². The van der Waals surface area contributed by atoms with E-state index in [4.69, 9.17) is 28.2 Å². The molecule has 0 aliphatic carbocycles. The van der Waals surface area contributed by atoms with Crippen LogP contribution in [-0.4, -0.2) is 23.0 Å². The van der Waals surface area contributed by atoms with Crippen molar-refractivity contribution in [3.63, 3.8) is 0 Å². The third kappa shape index (κ3) is 3.34. The van der Waals surface area contributed by atoms with Crippen molar-refractivity contribution in [1.82, 2.24) is 9.88 Å². The fourth-order valence-electron chi connectivity index (χ4n) is 2.48. The third-order valence-electron chi connectivity index (χ3n) is 3.57. The number of hydrogen-bond acceptors (Lipinski definition) is 3. The van der Waals surface area contributed by atoms with E-state index in [0.717, 1.165) is 17.8 Å². The zero-order chi connectivity index (χ0) is 13.9. The molecule has 2 nitrogen and oxygen atoms in total. The minimum Gasteiger partial charge on any atom is -0.297 e. The van der Waals surface area contributed by atoms with Gasteiger partial charge in [0, 0.05) is 10.9 Å². The topological polar surface area (TPSA) is 16.1 Å². The summed E-state index contributed by atoms with van der Waals surface area (Å²) in [6.45, 7) is 3.36. The normalized spacial score (nSPS) is 16.5. The van der Waals surface area contributed by atoms with Gasteiger partial charge in [-0.25, -0.2) is 4.98 Å². The Balaban J connectivity index is 1.73. The SMILES string of the molecule is Clc1ccc(-c2csc(CN3CCCCC3)n2)cc1Cl. The second-order valence-electron chi connectivity index (χ2n) is 5.09. The van der Waals surface area contributed by atoms with Crippen molar-refractivity contribution in [2.24, 2.45) is 0 Å². The summed E-state index contributed by atoms with van der Waals surface area (Å²) in [6.07, 6.45) is 3.99. The van der Waals surface area contributed by atoms with Gasteiger partial charge < -0.3 is 0 Å². The number of rotatable bonds is 3. The highest BCUT2D eigenvalue weighted by Crippen LogP contribution is 2.29. The van der Waals surface area contributed by atoms with Gasteiger partial charge in [0.15, 0.2) is 0 Å². The van der Waals surface area contributed by atoms with Crippen LogP contribution in [0.5, 0.6) is 0 Å². The average molecular weight is 327 g/mol. The minimum absolute atomic E-state index is 0.578. The molecule has 106 valence electrons. The second kappa shape index (κ2) is 6.44. The zero-order valence-corrected chi connectivity index (χ0v) is 13.4. The summed E-state index contributed by atoms with van der Waals surface area (Å²) >= 11 is 13.7. The van der Waals surface area contributed by atoms with Gasteiger partial charge in [-0.2, -0.15) is 0 Å². The van der Waals surface area contributed by atoms with Crippen LogP contribution in [0.1, 0.15) is 24.3 Å². The van der Waals surface area contributed by atoms with Gasteiger partial charge in [0.05, 0.1) is 22.3 Å². The standard InChI is InChI=1S/C15H16Cl2N2S/c16-12-5-4-11(8-13(12)17)14-10-20-15(18-14)9-19-6-2-1-3-7-19/h4-5,8,10H,1-3,6-7,9H2. The molecule has 0 unspecified atom stereocenters. The van der Waals surface area contributed by atoms with Crippen LogP contribution in [-0.2, 0) is 6.54 Å². The highest BCUT2D eigenvalue weighted by molar-refractivity contribution is 7.09. The molecule has 0 saturated carbocycles. The molecule has 0 N–H and O–H groups in total. The van der Waals surface area contributed by atoms with Crippen LogP contribution in [0, 0.1) is 0 Å². The number of likely N-dealkylation sites (tertiary alicyclic amines) is 1. The summed E-state index contributed by atoms with van der Waals surface area (Å²) in [5.41, 5.74) is 2.01. The van der Waals surface area contributed by atoms with Crippen LogP contribution in [0.3, 0.4) is 0 Å². The largest absolute Gasteiger partial charge is 0.297 e. The van der Waals surface area contributed by atoms with Gasteiger partial charge in [-0.15, -0.1) is 11.3 Å². The summed E-state index contributed by atoms with van der Waals surface area (Å²) in [6, 6.07) is 5.67. The van der Waals surface area contributed by atoms with Crippen molar-refractivity contribution < 1.29 is 0 Å². The summed E-state index contributed by atoms with van der Waals surface area (Å²) in [7, 11) is 0. The number of benzene rings is 1. The summed E-state index contributed by atoms with van der Waals surface area (Å²) < 4.78 is 0. The van der Waals surface area contributed by atoms with Crippen LogP contribution in [0.25, 0.3) is 11.3 Å². The number of aromatic nitrogens is 1. The maximum atomic E-state index is 6.06. The maximum absolute atomic E-state index is 6.06. The highest BCUT2D eigenvalue weighted by Gasteiger charge is 2.13. The predicted molar refractivity (Wildman–Crippen MR) is 86.7 cm³/mol. The van der Waals surface area contributed by atoms with E-state index in [1.165, 1.54) is 37.4 Å². The first-order valence-electron chi connectivity index (χ1n) is 6.84. The third-order valence-corrected chi connectivity index (χ3v) is 5.15. The molecular formula is C15H16Cl2N2S. The minimum atomic E-state index is 0.578. The van der Waals surface area contributed by atoms with Crippen LogP contribution >= 0.6 is 34.5 Å².